The molecule has 1 aliphatic heterocycles. The first-order chi connectivity index (χ1) is 15.5. The van der Waals surface area contributed by atoms with E-state index in [9.17, 15) is 20.3 Å². The number of aromatic nitrogens is 4. The Morgan fingerprint density at radius 1 is 1.34 bits per heavy atom. The number of nitro benzene ring substituents is 1. The molecule has 0 amide bonds. The highest BCUT2D eigenvalue weighted by molar-refractivity contribution is 5.82. The van der Waals surface area contributed by atoms with Crippen LogP contribution in [0.15, 0.2) is 30.9 Å². The minimum atomic E-state index is -0.782. The van der Waals surface area contributed by atoms with Crippen LogP contribution in [0.5, 0.6) is 0 Å². The number of hydrogen-bond donors (Lipinski definition) is 4. The minimum absolute atomic E-state index is 0.0336. The van der Waals surface area contributed by atoms with E-state index in [-0.39, 0.29) is 18.8 Å². The van der Waals surface area contributed by atoms with Gasteiger partial charge < -0.3 is 26.0 Å². The van der Waals surface area contributed by atoms with Gasteiger partial charge in [0.05, 0.1) is 24.0 Å². The highest BCUT2D eigenvalue weighted by atomic mass is 16.6. The van der Waals surface area contributed by atoms with Gasteiger partial charge >= 0.3 is 0 Å². The molecule has 4 rings (SSSR count). The van der Waals surface area contributed by atoms with Gasteiger partial charge in [0.1, 0.15) is 18.7 Å². The maximum atomic E-state index is 11.6. The number of aliphatic hydroxyl groups is 2. The summed E-state index contributed by atoms with van der Waals surface area (Å²) in [6, 6.07) is 5.18. The molecule has 0 unspecified atom stereocenters. The van der Waals surface area contributed by atoms with E-state index >= 15 is 0 Å². The van der Waals surface area contributed by atoms with Crippen molar-refractivity contribution in [2.45, 2.75) is 44.2 Å². The van der Waals surface area contributed by atoms with E-state index in [2.05, 4.69) is 20.3 Å². The number of hydrogen-bond acceptors (Lipinski definition) is 10. The Balaban J connectivity index is 1.54. The van der Waals surface area contributed by atoms with E-state index in [0.29, 0.717) is 41.9 Å². The summed E-state index contributed by atoms with van der Waals surface area (Å²) in [7, 11) is 0. The quantitative estimate of drug-likeness (QED) is 0.274. The van der Waals surface area contributed by atoms with Gasteiger partial charge in [0.2, 0.25) is 0 Å². The number of aliphatic hydroxyl groups excluding tert-OH is 2. The molecule has 12 heteroatoms. The van der Waals surface area contributed by atoms with Crippen LogP contribution in [0.1, 0.15) is 30.2 Å². The van der Waals surface area contributed by atoms with E-state index in [0.717, 1.165) is 12.0 Å². The molecule has 5 N–H and O–H groups in total. The summed E-state index contributed by atoms with van der Waals surface area (Å²) in [5.74, 6) is 0.424. The van der Waals surface area contributed by atoms with Gasteiger partial charge in [0.25, 0.3) is 5.69 Å². The Kier molecular flexibility index (Phi) is 6.55. The standard InChI is InChI=1S/C20H25N7O5/c21-5-1-2-12-3-4-13(14(6-12)27(30)31)8-22-19-18-20(24-10-23-19)26(11-25-18)17-7-15(29)16(9-28)32-17/h3-4,6,10-11,15-17,28-29H,1-2,5,7-9,21H2,(H,22,23,24)/t15-,16+,17+/m0/s1. The number of nitro groups is 1. The Bertz CT molecular complexity index is 1110. The average molecular weight is 443 g/mol. The topological polar surface area (TPSA) is 174 Å². The molecule has 170 valence electrons. The second-order valence-electron chi connectivity index (χ2n) is 7.63. The number of imidazole rings is 1. The normalized spacial score (nSPS) is 20.7. The number of benzene rings is 1. The van der Waals surface area contributed by atoms with E-state index in [1.165, 1.54) is 12.7 Å². The Morgan fingerprint density at radius 3 is 2.91 bits per heavy atom. The number of nitrogens with two attached hydrogens (primary N) is 1. The van der Waals surface area contributed by atoms with E-state index in [1.807, 2.05) is 6.07 Å². The Morgan fingerprint density at radius 2 is 2.19 bits per heavy atom. The molecule has 0 aliphatic carbocycles. The van der Waals surface area contributed by atoms with Gasteiger partial charge in [-0.3, -0.25) is 14.7 Å². The summed E-state index contributed by atoms with van der Waals surface area (Å²) in [6.45, 7) is 0.423. The molecule has 0 bridgehead atoms. The molecule has 1 aliphatic rings. The molecular formula is C20H25N7O5. The van der Waals surface area contributed by atoms with Crippen LogP contribution in [0, 0.1) is 10.1 Å². The summed E-state index contributed by atoms with van der Waals surface area (Å²) in [6.07, 6.45) is 2.68. The average Bonchev–Trinajstić information content (AvgIpc) is 3.39. The molecular weight excluding hydrogens is 418 g/mol. The number of aryl methyl sites for hydroxylation is 1. The third-order valence-electron chi connectivity index (χ3n) is 5.52. The third-order valence-corrected chi connectivity index (χ3v) is 5.52. The molecule has 1 fully saturated rings. The first-order valence-corrected chi connectivity index (χ1v) is 10.3. The fourth-order valence-electron chi connectivity index (χ4n) is 3.81. The van der Waals surface area contributed by atoms with Gasteiger partial charge in [0, 0.05) is 24.6 Å². The summed E-state index contributed by atoms with van der Waals surface area (Å²) in [4.78, 5) is 24.0. The van der Waals surface area contributed by atoms with Gasteiger partial charge in [-0.25, -0.2) is 15.0 Å². The number of nitrogens with zero attached hydrogens (tertiary/aromatic N) is 5. The molecule has 12 nitrogen and oxygen atoms in total. The molecule has 0 saturated carbocycles. The van der Waals surface area contributed by atoms with Gasteiger partial charge in [-0.05, 0) is 24.9 Å². The van der Waals surface area contributed by atoms with E-state index in [1.54, 1.807) is 16.7 Å². The monoisotopic (exact) mass is 443 g/mol. The number of fused-ring (bicyclic) bond motifs is 1. The largest absolute Gasteiger partial charge is 0.394 e. The van der Waals surface area contributed by atoms with Crippen molar-refractivity contribution in [1.82, 2.24) is 19.5 Å². The molecule has 1 saturated heterocycles. The molecule has 0 spiro atoms. The van der Waals surface area contributed by atoms with Crippen molar-refractivity contribution >= 4 is 22.7 Å². The van der Waals surface area contributed by atoms with Crippen molar-refractivity contribution in [2.24, 2.45) is 5.73 Å². The zero-order valence-corrected chi connectivity index (χ0v) is 17.3. The molecule has 3 heterocycles. The summed E-state index contributed by atoms with van der Waals surface area (Å²) < 4.78 is 7.36. The summed E-state index contributed by atoms with van der Waals surface area (Å²) in [5, 5.41) is 34.0. The Hall–Kier alpha value is -3.19. The second kappa shape index (κ2) is 9.53. The van der Waals surface area contributed by atoms with Crippen LogP contribution in [-0.2, 0) is 17.7 Å². The predicted octanol–water partition coefficient (Wildman–Crippen LogP) is 0.879. The lowest BCUT2D eigenvalue weighted by Gasteiger charge is -2.13. The smallest absolute Gasteiger partial charge is 0.274 e. The fourth-order valence-corrected chi connectivity index (χ4v) is 3.81. The molecule has 1 aromatic carbocycles. The van der Waals surface area contributed by atoms with Crippen molar-refractivity contribution in [1.29, 1.82) is 0 Å². The van der Waals surface area contributed by atoms with Gasteiger partial charge in [-0.2, -0.15) is 0 Å². The molecule has 32 heavy (non-hydrogen) atoms. The lowest BCUT2D eigenvalue weighted by atomic mass is 10.1. The van der Waals surface area contributed by atoms with E-state index < -0.39 is 23.4 Å². The molecule has 2 aromatic heterocycles. The lowest BCUT2D eigenvalue weighted by Crippen LogP contribution is -2.24. The molecule has 0 radical (unpaired) electrons. The van der Waals surface area contributed by atoms with Gasteiger partial charge in [0.15, 0.2) is 17.0 Å². The third kappa shape index (κ3) is 4.39. The van der Waals surface area contributed by atoms with Crippen LogP contribution >= 0.6 is 0 Å². The van der Waals surface area contributed by atoms with Crippen molar-refractivity contribution in [3.8, 4) is 0 Å². The highest BCUT2D eigenvalue weighted by Gasteiger charge is 2.35. The van der Waals surface area contributed by atoms with Crippen LogP contribution in [0.25, 0.3) is 11.2 Å². The number of anilines is 1. The first kappa shape index (κ1) is 22.0. The maximum absolute atomic E-state index is 11.6. The Labute approximate surface area is 183 Å². The second-order valence-corrected chi connectivity index (χ2v) is 7.63. The van der Waals surface area contributed by atoms with Crippen molar-refractivity contribution in [3.63, 3.8) is 0 Å². The maximum Gasteiger partial charge on any atom is 0.274 e. The van der Waals surface area contributed by atoms with Crippen LogP contribution in [0.4, 0.5) is 11.5 Å². The highest BCUT2D eigenvalue weighted by Crippen LogP contribution is 2.31. The van der Waals surface area contributed by atoms with Gasteiger partial charge in [-0.15, -0.1) is 0 Å². The van der Waals surface area contributed by atoms with E-state index in [4.69, 9.17) is 10.5 Å². The fraction of sp³-hybridized carbons (Fsp3) is 0.450. The van der Waals surface area contributed by atoms with Gasteiger partial charge in [-0.1, -0.05) is 12.1 Å². The zero-order valence-electron chi connectivity index (χ0n) is 17.3. The number of nitrogens with one attached hydrogen (secondary N) is 1. The van der Waals surface area contributed by atoms with Crippen molar-refractivity contribution in [3.05, 3.63) is 52.1 Å². The van der Waals surface area contributed by atoms with Crippen molar-refractivity contribution < 1.29 is 19.9 Å². The lowest BCUT2D eigenvalue weighted by molar-refractivity contribution is -0.385. The van der Waals surface area contributed by atoms with Crippen LogP contribution in [0.2, 0.25) is 0 Å². The molecule has 3 atom stereocenters. The van der Waals surface area contributed by atoms with Crippen molar-refractivity contribution in [2.75, 3.05) is 18.5 Å². The van der Waals surface area contributed by atoms with Crippen LogP contribution in [-0.4, -0.2) is 60.0 Å². The molecule has 3 aromatic rings. The number of ether oxygens (including phenoxy) is 1. The summed E-state index contributed by atoms with van der Waals surface area (Å²) in [5.41, 5.74) is 7.91. The number of rotatable bonds is 9. The SMILES string of the molecule is NCCCc1ccc(CNc2ncnc3c2ncn3[C@H]2C[C@H](O)[C@@H](CO)O2)c([N+](=O)[O-])c1. The predicted molar refractivity (Wildman–Crippen MR) is 115 cm³/mol. The zero-order chi connectivity index (χ0) is 22.7. The summed E-state index contributed by atoms with van der Waals surface area (Å²) >= 11 is 0. The van der Waals surface area contributed by atoms with Crippen LogP contribution < -0.4 is 11.1 Å². The minimum Gasteiger partial charge on any atom is -0.394 e. The first-order valence-electron chi connectivity index (χ1n) is 10.3. The van der Waals surface area contributed by atoms with Crippen LogP contribution in [0.3, 0.4) is 0 Å².